The van der Waals surface area contributed by atoms with E-state index < -0.39 is 0 Å². The minimum atomic E-state index is -0.108. The number of amides is 1. The van der Waals surface area contributed by atoms with Gasteiger partial charge in [0.2, 0.25) is 0 Å². The third-order valence-electron chi connectivity index (χ3n) is 4.01. The Morgan fingerprint density at radius 3 is 2.87 bits per heavy atom. The highest BCUT2D eigenvalue weighted by atomic mass is 32.1. The van der Waals surface area contributed by atoms with Crippen LogP contribution in [-0.2, 0) is 11.2 Å². The summed E-state index contributed by atoms with van der Waals surface area (Å²) in [6.07, 6.45) is 4.46. The first-order valence-electron chi connectivity index (χ1n) is 7.86. The summed E-state index contributed by atoms with van der Waals surface area (Å²) < 4.78 is 5.57. The average molecular weight is 331 g/mol. The summed E-state index contributed by atoms with van der Waals surface area (Å²) in [5, 5.41) is 5.91. The van der Waals surface area contributed by atoms with E-state index in [0.29, 0.717) is 24.8 Å². The lowest BCUT2D eigenvalue weighted by Gasteiger charge is -2.18. The summed E-state index contributed by atoms with van der Waals surface area (Å²) in [6.45, 7) is 5.39. The van der Waals surface area contributed by atoms with Crippen molar-refractivity contribution >= 4 is 17.2 Å². The van der Waals surface area contributed by atoms with Crippen LogP contribution in [0.2, 0.25) is 0 Å². The number of carbonyl (C=O) groups excluding carboxylic acids is 1. The predicted octanol–water partition coefficient (Wildman–Crippen LogP) is 2.65. The molecule has 1 N–H and O–H groups in total. The predicted molar refractivity (Wildman–Crippen MR) is 89.7 cm³/mol. The second-order valence-corrected chi connectivity index (χ2v) is 7.05. The first-order valence-corrected chi connectivity index (χ1v) is 8.74. The van der Waals surface area contributed by atoms with Gasteiger partial charge in [0.25, 0.3) is 5.91 Å². The van der Waals surface area contributed by atoms with Crippen LogP contribution < -0.4 is 5.32 Å². The molecule has 0 saturated carbocycles. The molecule has 0 aromatic carbocycles. The second kappa shape index (κ2) is 7.19. The van der Waals surface area contributed by atoms with Crippen molar-refractivity contribution in [3.05, 3.63) is 46.2 Å². The number of nitrogens with one attached hydrogen (secondary N) is 1. The quantitative estimate of drug-likeness (QED) is 0.915. The van der Waals surface area contributed by atoms with Crippen LogP contribution in [0.3, 0.4) is 0 Å². The van der Waals surface area contributed by atoms with Gasteiger partial charge in [-0.05, 0) is 24.1 Å². The van der Waals surface area contributed by atoms with E-state index in [0.717, 1.165) is 11.4 Å². The summed E-state index contributed by atoms with van der Waals surface area (Å²) in [4.78, 5) is 20.9. The molecule has 2 aromatic heterocycles. The van der Waals surface area contributed by atoms with E-state index in [1.165, 1.54) is 16.9 Å². The molecule has 122 valence electrons. The maximum absolute atomic E-state index is 12.4. The number of pyridine rings is 1. The summed E-state index contributed by atoms with van der Waals surface area (Å²) in [5.74, 6) is 0.517. The SMILES string of the molecule is CC(C)c1nc(C(=O)NC2COCC2Cc2ccncc2)cs1. The van der Waals surface area contributed by atoms with Gasteiger partial charge in [-0.15, -0.1) is 11.3 Å². The summed E-state index contributed by atoms with van der Waals surface area (Å²) in [5.41, 5.74) is 1.72. The van der Waals surface area contributed by atoms with Crippen LogP contribution in [0.25, 0.3) is 0 Å². The molecule has 23 heavy (non-hydrogen) atoms. The number of carbonyl (C=O) groups is 1. The molecule has 3 rings (SSSR count). The largest absolute Gasteiger partial charge is 0.379 e. The fourth-order valence-corrected chi connectivity index (χ4v) is 3.50. The molecule has 2 aromatic rings. The van der Waals surface area contributed by atoms with Crippen molar-refractivity contribution in [2.24, 2.45) is 5.92 Å². The Morgan fingerprint density at radius 1 is 1.39 bits per heavy atom. The molecule has 1 amide bonds. The van der Waals surface area contributed by atoms with Crippen LogP contribution in [0, 0.1) is 5.92 Å². The fraction of sp³-hybridized carbons (Fsp3) is 0.471. The molecule has 0 spiro atoms. The molecule has 3 heterocycles. The van der Waals surface area contributed by atoms with E-state index in [1.807, 2.05) is 17.5 Å². The number of thiazole rings is 1. The lowest BCUT2D eigenvalue weighted by atomic mass is 9.95. The number of hydrogen-bond acceptors (Lipinski definition) is 5. The number of hydrogen-bond donors (Lipinski definition) is 1. The van der Waals surface area contributed by atoms with Gasteiger partial charge in [0.05, 0.1) is 24.3 Å². The molecule has 1 fully saturated rings. The lowest BCUT2D eigenvalue weighted by molar-refractivity contribution is 0.0920. The average Bonchev–Trinajstić information content (AvgIpc) is 3.18. The minimum absolute atomic E-state index is 0.0277. The highest BCUT2D eigenvalue weighted by Gasteiger charge is 2.30. The highest BCUT2D eigenvalue weighted by Crippen LogP contribution is 2.21. The van der Waals surface area contributed by atoms with Crippen molar-refractivity contribution in [2.45, 2.75) is 32.2 Å². The van der Waals surface area contributed by atoms with E-state index >= 15 is 0 Å². The first-order chi connectivity index (χ1) is 11.1. The maximum Gasteiger partial charge on any atom is 0.271 e. The van der Waals surface area contributed by atoms with E-state index in [4.69, 9.17) is 4.74 Å². The Labute approximate surface area is 140 Å². The Hall–Kier alpha value is -1.79. The van der Waals surface area contributed by atoms with Crippen molar-refractivity contribution in [3.63, 3.8) is 0 Å². The van der Waals surface area contributed by atoms with Gasteiger partial charge in [-0.2, -0.15) is 0 Å². The van der Waals surface area contributed by atoms with Crippen molar-refractivity contribution in [1.29, 1.82) is 0 Å². The molecule has 6 heteroatoms. The number of rotatable bonds is 5. The molecule has 2 atom stereocenters. The molecule has 2 unspecified atom stereocenters. The third kappa shape index (κ3) is 3.95. The van der Waals surface area contributed by atoms with Crippen LogP contribution in [0.5, 0.6) is 0 Å². The van der Waals surface area contributed by atoms with Gasteiger partial charge >= 0.3 is 0 Å². The van der Waals surface area contributed by atoms with Crippen molar-refractivity contribution in [2.75, 3.05) is 13.2 Å². The van der Waals surface area contributed by atoms with Gasteiger partial charge in [-0.3, -0.25) is 9.78 Å². The Balaban J connectivity index is 1.62. The van der Waals surface area contributed by atoms with Gasteiger partial charge < -0.3 is 10.1 Å². The minimum Gasteiger partial charge on any atom is -0.379 e. The van der Waals surface area contributed by atoms with E-state index in [1.54, 1.807) is 12.4 Å². The fourth-order valence-electron chi connectivity index (χ4n) is 2.68. The molecule has 5 nitrogen and oxygen atoms in total. The standard InChI is InChI=1S/C17H21N3O2S/c1-11(2)17-20-15(10-23-17)16(21)19-14-9-22-8-13(14)7-12-3-5-18-6-4-12/h3-6,10-11,13-14H,7-9H2,1-2H3,(H,19,21). The van der Waals surface area contributed by atoms with Crippen molar-refractivity contribution in [3.8, 4) is 0 Å². The number of nitrogens with zero attached hydrogens (tertiary/aromatic N) is 2. The van der Waals surface area contributed by atoms with Gasteiger partial charge in [0, 0.05) is 29.6 Å². The number of ether oxygens (including phenoxy) is 1. The zero-order valence-corrected chi connectivity index (χ0v) is 14.2. The van der Waals surface area contributed by atoms with Crippen molar-refractivity contribution in [1.82, 2.24) is 15.3 Å². The number of aromatic nitrogens is 2. The zero-order valence-electron chi connectivity index (χ0n) is 13.4. The Morgan fingerprint density at radius 2 is 2.17 bits per heavy atom. The second-order valence-electron chi connectivity index (χ2n) is 6.16. The molecule has 0 bridgehead atoms. The van der Waals surface area contributed by atoms with Gasteiger partial charge in [0.15, 0.2) is 0 Å². The van der Waals surface area contributed by atoms with E-state index in [9.17, 15) is 4.79 Å². The summed E-state index contributed by atoms with van der Waals surface area (Å²) in [6, 6.07) is 4.04. The van der Waals surface area contributed by atoms with Crippen LogP contribution in [0.15, 0.2) is 29.9 Å². The van der Waals surface area contributed by atoms with Crippen LogP contribution in [0.4, 0.5) is 0 Å². The van der Waals surface area contributed by atoms with Crippen LogP contribution in [-0.4, -0.2) is 35.1 Å². The monoisotopic (exact) mass is 331 g/mol. The lowest BCUT2D eigenvalue weighted by Crippen LogP contribution is -2.40. The topological polar surface area (TPSA) is 64.1 Å². The summed E-state index contributed by atoms with van der Waals surface area (Å²) >= 11 is 1.54. The zero-order chi connectivity index (χ0) is 16.2. The molecule has 0 radical (unpaired) electrons. The van der Waals surface area contributed by atoms with Crippen molar-refractivity contribution < 1.29 is 9.53 Å². The van der Waals surface area contributed by atoms with E-state index in [2.05, 4.69) is 29.1 Å². The third-order valence-corrected chi connectivity index (χ3v) is 5.16. The summed E-state index contributed by atoms with van der Waals surface area (Å²) in [7, 11) is 0. The van der Waals surface area contributed by atoms with Crippen LogP contribution in [0.1, 0.15) is 40.8 Å². The molecule has 1 aliphatic heterocycles. The molecular weight excluding hydrogens is 310 g/mol. The normalized spacial score (nSPS) is 20.8. The molecule has 0 aliphatic carbocycles. The van der Waals surface area contributed by atoms with E-state index in [-0.39, 0.29) is 17.9 Å². The molecular formula is C17H21N3O2S. The van der Waals surface area contributed by atoms with Gasteiger partial charge in [-0.1, -0.05) is 13.8 Å². The van der Waals surface area contributed by atoms with Gasteiger partial charge in [0.1, 0.15) is 5.69 Å². The Kier molecular flexibility index (Phi) is 5.03. The smallest absolute Gasteiger partial charge is 0.271 e. The Bertz CT molecular complexity index is 657. The highest BCUT2D eigenvalue weighted by molar-refractivity contribution is 7.09. The molecule has 1 aliphatic rings. The van der Waals surface area contributed by atoms with Crippen LogP contribution >= 0.6 is 11.3 Å². The first kappa shape index (κ1) is 16.1. The molecule has 1 saturated heterocycles. The maximum atomic E-state index is 12.4. The van der Waals surface area contributed by atoms with Gasteiger partial charge in [-0.25, -0.2) is 4.98 Å².